The van der Waals surface area contributed by atoms with E-state index in [1.54, 1.807) is 31.1 Å². The Morgan fingerprint density at radius 2 is 2.09 bits per heavy atom. The Bertz CT molecular complexity index is 572. The van der Waals surface area contributed by atoms with Crippen LogP contribution in [0.25, 0.3) is 0 Å². The van der Waals surface area contributed by atoms with Gasteiger partial charge < -0.3 is 10.2 Å². The molecule has 1 aromatic rings. The normalized spacial score (nSPS) is 27.7. The number of halogens is 1. The van der Waals surface area contributed by atoms with Crippen LogP contribution in [0.4, 0.5) is 10.1 Å². The van der Waals surface area contributed by atoms with Gasteiger partial charge in [0, 0.05) is 25.7 Å². The van der Waals surface area contributed by atoms with Gasteiger partial charge in [0.1, 0.15) is 5.82 Å². The Morgan fingerprint density at radius 3 is 2.64 bits per heavy atom. The number of anilines is 1. The first-order valence-corrected chi connectivity index (χ1v) is 8.23. The molecule has 120 valence electrons. The van der Waals surface area contributed by atoms with Crippen LogP contribution in [0.2, 0.25) is 0 Å². The number of fused-ring (bicyclic) bond motifs is 2. The molecule has 0 aromatic heterocycles. The van der Waals surface area contributed by atoms with Gasteiger partial charge in [-0.25, -0.2) is 4.39 Å². The highest BCUT2D eigenvalue weighted by Gasteiger charge is 2.42. The molecule has 4 heteroatoms. The maximum Gasteiger partial charge on any atom is 0.251 e. The molecule has 4 atom stereocenters. The Hall–Kier alpha value is -1.58. The second kappa shape index (κ2) is 5.90. The summed E-state index contributed by atoms with van der Waals surface area (Å²) in [4.78, 5) is 14.1. The molecule has 2 saturated carbocycles. The largest absolute Gasteiger partial charge is 0.375 e. The molecule has 3 rings (SSSR count). The Labute approximate surface area is 131 Å². The van der Waals surface area contributed by atoms with Crippen molar-refractivity contribution in [1.29, 1.82) is 0 Å². The number of carbonyl (C=O) groups is 1. The lowest BCUT2D eigenvalue weighted by Crippen LogP contribution is -2.40. The van der Waals surface area contributed by atoms with Crippen molar-refractivity contribution in [3.63, 3.8) is 0 Å². The highest BCUT2D eigenvalue weighted by atomic mass is 19.1. The van der Waals surface area contributed by atoms with E-state index < -0.39 is 0 Å². The highest BCUT2D eigenvalue weighted by Crippen LogP contribution is 2.49. The Balaban J connectivity index is 1.65. The summed E-state index contributed by atoms with van der Waals surface area (Å²) in [7, 11) is 3.57. The standard InChI is InChI=1S/C18H25FN2O/c1-11(15-9-12-4-5-13(15)8-12)20-18(22)14-6-7-17(21(2)3)16(19)10-14/h6-7,10-13,15H,4-5,8-9H2,1-3H3,(H,20,22)/t11-,12+,13+,15-/m1/s1. The molecule has 0 saturated heterocycles. The molecular weight excluding hydrogens is 279 g/mol. The van der Waals surface area contributed by atoms with Gasteiger partial charge in [-0.15, -0.1) is 0 Å². The van der Waals surface area contributed by atoms with Gasteiger partial charge in [0.05, 0.1) is 5.69 Å². The summed E-state index contributed by atoms with van der Waals surface area (Å²) in [6.45, 7) is 2.09. The minimum absolute atomic E-state index is 0.166. The quantitative estimate of drug-likeness (QED) is 0.924. The molecule has 1 N–H and O–H groups in total. The third-order valence-electron chi connectivity index (χ3n) is 5.49. The van der Waals surface area contributed by atoms with Crippen molar-refractivity contribution in [2.75, 3.05) is 19.0 Å². The number of hydrogen-bond donors (Lipinski definition) is 1. The number of amides is 1. The number of nitrogens with one attached hydrogen (secondary N) is 1. The van der Waals surface area contributed by atoms with Gasteiger partial charge in [0.2, 0.25) is 0 Å². The number of benzene rings is 1. The average molecular weight is 304 g/mol. The van der Waals surface area contributed by atoms with E-state index in [4.69, 9.17) is 0 Å². The monoisotopic (exact) mass is 304 g/mol. The molecule has 0 radical (unpaired) electrons. The zero-order valence-electron chi connectivity index (χ0n) is 13.6. The van der Waals surface area contributed by atoms with E-state index in [-0.39, 0.29) is 17.8 Å². The van der Waals surface area contributed by atoms with Crippen LogP contribution in [0, 0.1) is 23.6 Å². The summed E-state index contributed by atoms with van der Waals surface area (Å²) in [6.07, 6.45) is 5.23. The van der Waals surface area contributed by atoms with E-state index in [1.807, 2.05) is 0 Å². The van der Waals surface area contributed by atoms with Crippen LogP contribution in [0.1, 0.15) is 43.0 Å². The molecule has 2 aliphatic carbocycles. The molecule has 0 heterocycles. The molecule has 0 unspecified atom stereocenters. The molecule has 1 aromatic carbocycles. The van der Waals surface area contributed by atoms with Crippen molar-refractivity contribution in [3.05, 3.63) is 29.6 Å². The number of rotatable bonds is 4. The van der Waals surface area contributed by atoms with Crippen molar-refractivity contribution in [1.82, 2.24) is 5.32 Å². The lowest BCUT2D eigenvalue weighted by molar-refractivity contribution is 0.0915. The molecule has 2 bridgehead atoms. The van der Waals surface area contributed by atoms with Crippen LogP contribution < -0.4 is 10.2 Å². The second-order valence-corrected chi connectivity index (χ2v) is 7.16. The number of nitrogens with zero attached hydrogens (tertiary/aromatic N) is 1. The summed E-state index contributed by atoms with van der Waals surface area (Å²) in [5.41, 5.74) is 0.899. The topological polar surface area (TPSA) is 32.3 Å². The van der Waals surface area contributed by atoms with E-state index in [0.29, 0.717) is 17.2 Å². The summed E-state index contributed by atoms with van der Waals surface area (Å²) in [6, 6.07) is 4.85. The van der Waals surface area contributed by atoms with Gasteiger partial charge in [0.25, 0.3) is 5.91 Å². The first-order valence-electron chi connectivity index (χ1n) is 8.23. The first kappa shape index (κ1) is 15.3. The third kappa shape index (κ3) is 2.83. The molecule has 0 spiro atoms. The maximum atomic E-state index is 14.0. The van der Waals surface area contributed by atoms with Crippen LogP contribution in [-0.2, 0) is 0 Å². The fraction of sp³-hybridized carbons (Fsp3) is 0.611. The van der Waals surface area contributed by atoms with E-state index in [0.717, 1.165) is 11.8 Å². The highest BCUT2D eigenvalue weighted by molar-refractivity contribution is 5.94. The zero-order chi connectivity index (χ0) is 15.9. The fourth-order valence-electron chi connectivity index (χ4n) is 4.31. The minimum atomic E-state index is -0.356. The van der Waals surface area contributed by atoms with Gasteiger partial charge in [-0.3, -0.25) is 4.79 Å². The fourth-order valence-corrected chi connectivity index (χ4v) is 4.31. The Kier molecular flexibility index (Phi) is 4.11. The van der Waals surface area contributed by atoms with Crippen LogP contribution in [0.15, 0.2) is 18.2 Å². The molecule has 1 amide bonds. The second-order valence-electron chi connectivity index (χ2n) is 7.16. The van der Waals surface area contributed by atoms with Crippen LogP contribution in [0.5, 0.6) is 0 Å². The SMILES string of the molecule is C[C@@H](NC(=O)c1ccc(N(C)C)c(F)c1)[C@H]1C[C@H]2CC[C@H]1C2. The lowest BCUT2D eigenvalue weighted by atomic mass is 9.84. The van der Waals surface area contributed by atoms with Gasteiger partial charge in [-0.2, -0.15) is 0 Å². The minimum Gasteiger partial charge on any atom is -0.375 e. The number of hydrogen-bond acceptors (Lipinski definition) is 2. The van der Waals surface area contributed by atoms with Crippen molar-refractivity contribution in [2.24, 2.45) is 17.8 Å². The summed E-state index contributed by atoms with van der Waals surface area (Å²) in [5.74, 6) is 1.71. The maximum absolute atomic E-state index is 14.0. The van der Waals surface area contributed by atoms with Crippen LogP contribution in [-0.4, -0.2) is 26.0 Å². The van der Waals surface area contributed by atoms with Gasteiger partial charge >= 0.3 is 0 Å². The van der Waals surface area contributed by atoms with Crippen molar-refractivity contribution in [2.45, 2.75) is 38.6 Å². The van der Waals surface area contributed by atoms with E-state index in [2.05, 4.69) is 12.2 Å². The van der Waals surface area contributed by atoms with Gasteiger partial charge in [0.15, 0.2) is 0 Å². The van der Waals surface area contributed by atoms with E-state index in [9.17, 15) is 9.18 Å². The third-order valence-corrected chi connectivity index (χ3v) is 5.49. The lowest BCUT2D eigenvalue weighted by Gasteiger charge is -2.28. The van der Waals surface area contributed by atoms with Gasteiger partial charge in [-0.1, -0.05) is 6.42 Å². The molecule has 2 fully saturated rings. The molecule has 0 aliphatic heterocycles. The van der Waals surface area contributed by atoms with Crippen molar-refractivity contribution >= 4 is 11.6 Å². The van der Waals surface area contributed by atoms with Gasteiger partial charge in [-0.05, 0) is 62.1 Å². The van der Waals surface area contributed by atoms with Crippen molar-refractivity contribution in [3.8, 4) is 0 Å². The van der Waals surface area contributed by atoms with E-state index >= 15 is 0 Å². The molecule has 2 aliphatic rings. The molecule has 22 heavy (non-hydrogen) atoms. The summed E-state index contributed by atoms with van der Waals surface area (Å²) >= 11 is 0. The predicted octanol–water partition coefficient (Wildman–Crippen LogP) is 3.45. The number of carbonyl (C=O) groups excluding carboxylic acids is 1. The molecular formula is C18H25FN2O. The summed E-state index contributed by atoms with van der Waals surface area (Å²) in [5, 5.41) is 3.08. The van der Waals surface area contributed by atoms with Crippen molar-refractivity contribution < 1.29 is 9.18 Å². The predicted molar refractivity (Wildman–Crippen MR) is 86.6 cm³/mol. The van der Waals surface area contributed by atoms with Crippen LogP contribution >= 0.6 is 0 Å². The Morgan fingerprint density at radius 1 is 1.32 bits per heavy atom. The first-order chi connectivity index (χ1) is 10.5. The van der Waals surface area contributed by atoms with E-state index in [1.165, 1.54) is 31.7 Å². The van der Waals surface area contributed by atoms with Crippen LogP contribution in [0.3, 0.4) is 0 Å². The summed E-state index contributed by atoms with van der Waals surface area (Å²) < 4.78 is 14.0. The average Bonchev–Trinajstić information content (AvgIpc) is 3.09. The smallest absolute Gasteiger partial charge is 0.251 e. The molecule has 3 nitrogen and oxygen atoms in total. The zero-order valence-corrected chi connectivity index (χ0v) is 13.6.